The lowest BCUT2D eigenvalue weighted by Gasteiger charge is -2.33. The van der Waals surface area contributed by atoms with E-state index in [1.54, 1.807) is 13.4 Å². The SMILES string of the molecule is COCC1CN(c2ncnc3ccc(C(C)C)cc23)CCO1. The summed E-state index contributed by atoms with van der Waals surface area (Å²) in [6.07, 6.45) is 1.74. The third-order valence-electron chi connectivity index (χ3n) is 4.10. The Kier molecular flexibility index (Phi) is 4.55. The molecule has 3 rings (SSSR count). The van der Waals surface area contributed by atoms with Gasteiger partial charge in [-0.05, 0) is 23.6 Å². The first-order chi connectivity index (χ1) is 10.7. The molecule has 0 N–H and O–H groups in total. The largest absolute Gasteiger partial charge is 0.382 e. The average Bonchev–Trinajstić information content (AvgIpc) is 2.54. The zero-order valence-corrected chi connectivity index (χ0v) is 13.5. The Bertz CT molecular complexity index is 643. The fourth-order valence-corrected chi connectivity index (χ4v) is 2.87. The summed E-state index contributed by atoms with van der Waals surface area (Å²) in [6.45, 7) is 7.35. The Balaban J connectivity index is 1.96. The minimum Gasteiger partial charge on any atom is -0.382 e. The van der Waals surface area contributed by atoms with Crippen molar-refractivity contribution < 1.29 is 9.47 Å². The lowest BCUT2D eigenvalue weighted by atomic mass is 10.0. The fourth-order valence-electron chi connectivity index (χ4n) is 2.87. The van der Waals surface area contributed by atoms with E-state index in [0.717, 1.165) is 29.8 Å². The van der Waals surface area contributed by atoms with Crippen LogP contribution < -0.4 is 4.90 Å². The van der Waals surface area contributed by atoms with Crippen molar-refractivity contribution in [2.24, 2.45) is 0 Å². The standard InChI is InChI=1S/C17H23N3O2/c1-12(2)13-4-5-16-15(8-13)17(19-11-18-16)20-6-7-22-14(9-20)10-21-3/h4-5,8,11-12,14H,6-7,9-10H2,1-3H3. The van der Waals surface area contributed by atoms with Crippen LogP contribution in [0.5, 0.6) is 0 Å². The van der Waals surface area contributed by atoms with Crippen LogP contribution in [0.2, 0.25) is 0 Å². The molecule has 5 heteroatoms. The number of morpholine rings is 1. The number of anilines is 1. The molecular formula is C17H23N3O2. The van der Waals surface area contributed by atoms with Crippen molar-refractivity contribution in [3.8, 4) is 0 Å². The van der Waals surface area contributed by atoms with Crippen molar-refractivity contribution in [3.05, 3.63) is 30.1 Å². The molecule has 0 spiro atoms. The lowest BCUT2D eigenvalue weighted by molar-refractivity contribution is -0.0101. The summed E-state index contributed by atoms with van der Waals surface area (Å²) >= 11 is 0. The smallest absolute Gasteiger partial charge is 0.140 e. The predicted octanol–water partition coefficient (Wildman–Crippen LogP) is 2.60. The van der Waals surface area contributed by atoms with Crippen molar-refractivity contribution in [1.82, 2.24) is 9.97 Å². The maximum Gasteiger partial charge on any atom is 0.140 e. The highest BCUT2D eigenvalue weighted by Crippen LogP contribution is 2.27. The Morgan fingerprint density at radius 1 is 1.36 bits per heavy atom. The molecule has 1 aliphatic heterocycles. The van der Waals surface area contributed by atoms with Gasteiger partial charge in [0.15, 0.2) is 0 Å². The molecule has 1 aliphatic rings. The summed E-state index contributed by atoms with van der Waals surface area (Å²) in [7, 11) is 1.71. The molecule has 118 valence electrons. The van der Waals surface area contributed by atoms with Gasteiger partial charge in [0.1, 0.15) is 12.1 Å². The van der Waals surface area contributed by atoms with Crippen molar-refractivity contribution in [1.29, 1.82) is 0 Å². The van der Waals surface area contributed by atoms with Gasteiger partial charge < -0.3 is 14.4 Å². The molecule has 1 saturated heterocycles. The molecule has 1 aromatic carbocycles. The van der Waals surface area contributed by atoms with Crippen LogP contribution in [-0.4, -0.2) is 49.5 Å². The number of nitrogens with zero attached hydrogens (tertiary/aromatic N) is 3. The first-order valence-corrected chi connectivity index (χ1v) is 7.79. The van der Waals surface area contributed by atoms with E-state index in [-0.39, 0.29) is 6.10 Å². The van der Waals surface area contributed by atoms with E-state index in [2.05, 4.69) is 46.9 Å². The molecule has 1 aromatic heterocycles. The van der Waals surface area contributed by atoms with Crippen LogP contribution in [0.1, 0.15) is 25.3 Å². The number of methoxy groups -OCH3 is 1. The minimum atomic E-state index is 0.0945. The number of rotatable bonds is 4. The van der Waals surface area contributed by atoms with Crippen molar-refractivity contribution >= 4 is 16.7 Å². The number of hydrogen-bond acceptors (Lipinski definition) is 5. The van der Waals surface area contributed by atoms with E-state index in [1.807, 2.05) is 0 Å². The van der Waals surface area contributed by atoms with E-state index in [0.29, 0.717) is 19.1 Å². The second-order valence-electron chi connectivity index (χ2n) is 6.02. The van der Waals surface area contributed by atoms with Gasteiger partial charge in [-0.2, -0.15) is 0 Å². The Hall–Kier alpha value is -1.72. The molecule has 0 saturated carbocycles. The summed E-state index contributed by atoms with van der Waals surface area (Å²) in [5.41, 5.74) is 2.30. The Morgan fingerprint density at radius 3 is 3.00 bits per heavy atom. The molecule has 0 bridgehead atoms. The van der Waals surface area contributed by atoms with Gasteiger partial charge in [0.05, 0.1) is 24.8 Å². The number of fused-ring (bicyclic) bond motifs is 1. The predicted molar refractivity (Wildman–Crippen MR) is 87.5 cm³/mol. The van der Waals surface area contributed by atoms with Gasteiger partial charge in [0.2, 0.25) is 0 Å². The van der Waals surface area contributed by atoms with E-state index in [4.69, 9.17) is 9.47 Å². The first-order valence-electron chi connectivity index (χ1n) is 7.79. The third-order valence-corrected chi connectivity index (χ3v) is 4.10. The second kappa shape index (κ2) is 6.58. The molecule has 2 heterocycles. The molecule has 22 heavy (non-hydrogen) atoms. The van der Waals surface area contributed by atoms with Crippen LogP contribution in [0.25, 0.3) is 10.9 Å². The lowest BCUT2D eigenvalue weighted by Crippen LogP contribution is -2.44. The zero-order valence-electron chi connectivity index (χ0n) is 13.5. The third kappa shape index (κ3) is 3.05. The summed E-state index contributed by atoms with van der Waals surface area (Å²) in [6, 6.07) is 6.45. The van der Waals surface area contributed by atoms with E-state index in [1.165, 1.54) is 5.56 Å². The molecule has 1 fully saturated rings. The molecule has 2 aromatic rings. The van der Waals surface area contributed by atoms with E-state index in [9.17, 15) is 0 Å². The van der Waals surface area contributed by atoms with Crippen molar-refractivity contribution in [3.63, 3.8) is 0 Å². The molecule has 0 amide bonds. The number of ether oxygens (including phenoxy) is 2. The Labute approximate surface area is 131 Å². The quantitative estimate of drug-likeness (QED) is 0.868. The summed E-state index contributed by atoms with van der Waals surface area (Å²) < 4.78 is 11.0. The van der Waals surface area contributed by atoms with Crippen LogP contribution in [-0.2, 0) is 9.47 Å². The highest BCUT2D eigenvalue weighted by Gasteiger charge is 2.23. The van der Waals surface area contributed by atoms with Gasteiger partial charge in [-0.1, -0.05) is 19.9 Å². The van der Waals surface area contributed by atoms with E-state index < -0.39 is 0 Å². The number of hydrogen-bond donors (Lipinski definition) is 0. The maximum absolute atomic E-state index is 5.73. The van der Waals surface area contributed by atoms with Gasteiger partial charge >= 0.3 is 0 Å². The second-order valence-corrected chi connectivity index (χ2v) is 6.02. The number of aromatic nitrogens is 2. The molecule has 0 aliphatic carbocycles. The van der Waals surface area contributed by atoms with Crippen LogP contribution in [0.4, 0.5) is 5.82 Å². The van der Waals surface area contributed by atoms with Gasteiger partial charge in [0.25, 0.3) is 0 Å². The normalized spacial score (nSPS) is 19.1. The number of benzene rings is 1. The highest BCUT2D eigenvalue weighted by molar-refractivity contribution is 5.90. The maximum atomic E-state index is 5.73. The van der Waals surface area contributed by atoms with Crippen LogP contribution in [0.3, 0.4) is 0 Å². The minimum absolute atomic E-state index is 0.0945. The molecule has 1 unspecified atom stereocenters. The summed E-state index contributed by atoms with van der Waals surface area (Å²) in [4.78, 5) is 11.2. The first kappa shape index (κ1) is 15.2. The van der Waals surface area contributed by atoms with Crippen LogP contribution in [0, 0.1) is 0 Å². The van der Waals surface area contributed by atoms with Gasteiger partial charge in [-0.15, -0.1) is 0 Å². The monoisotopic (exact) mass is 301 g/mol. The highest BCUT2D eigenvalue weighted by atomic mass is 16.5. The van der Waals surface area contributed by atoms with Gasteiger partial charge in [-0.3, -0.25) is 0 Å². The summed E-state index contributed by atoms with van der Waals surface area (Å²) in [5.74, 6) is 1.49. The average molecular weight is 301 g/mol. The van der Waals surface area contributed by atoms with Gasteiger partial charge in [-0.25, -0.2) is 9.97 Å². The molecule has 1 atom stereocenters. The van der Waals surface area contributed by atoms with Crippen LogP contribution in [0.15, 0.2) is 24.5 Å². The topological polar surface area (TPSA) is 47.5 Å². The molecular weight excluding hydrogens is 278 g/mol. The van der Waals surface area contributed by atoms with Crippen molar-refractivity contribution in [2.75, 3.05) is 38.3 Å². The summed E-state index contributed by atoms with van der Waals surface area (Å²) in [5, 5.41) is 1.12. The zero-order chi connectivity index (χ0) is 15.5. The fraction of sp³-hybridized carbons (Fsp3) is 0.529. The van der Waals surface area contributed by atoms with E-state index >= 15 is 0 Å². The Morgan fingerprint density at radius 2 is 2.23 bits per heavy atom. The van der Waals surface area contributed by atoms with Crippen LogP contribution >= 0.6 is 0 Å². The molecule has 5 nitrogen and oxygen atoms in total. The molecule has 0 radical (unpaired) electrons. The van der Waals surface area contributed by atoms with Gasteiger partial charge in [0, 0.05) is 25.6 Å². The van der Waals surface area contributed by atoms with Crippen molar-refractivity contribution in [2.45, 2.75) is 25.9 Å².